The van der Waals surface area contributed by atoms with Gasteiger partial charge in [-0.3, -0.25) is 5.41 Å². The van der Waals surface area contributed by atoms with Gasteiger partial charge >= 0.3 is 0 Å². The van der Waals surface area contributed by atoms with Gasteiger partial charge in [0.15, 0.2) is 11.5 Å². The fourth-order valence-corrected chi connectivity index (χ4v) is 5.14. The lowest BCUT2D eigenvalue weighted by atomic mass is 9.81. The van der Waals surface area contributed by atoms with Crippen molar-refractivity contribution in [3.05, 3.63) is 102 Å². The molecule has 0 bridgehead atoms. The average Bonchev–Trinajstić information content (AvgIpc) is 3.46. The molecule has 0 amide bonds. The molecule has 1 N–H and O–H groups in total. The van der Waals surface area contributed by atoms with E-state index in [0.717, 1.165) is 46.2 Å². The van der Waals surface area contributed by atoms with Gasteiger partial charge in [0, 0.05) is 37.0 Å². The molecule has 6 rings (SSSR count). The number of aryl methyl sites for hydroxylation is 2. The van der Waals surface area contributed by atoms with E-state index in [0.29, 0.717) is 29.4 Å². The molecule has 1 aliphatic rings. The smallest absolute Gasteiger partial charge is 0.228 e. The van der Waals surface area contributed by atoms with Crippen LogP contribution in [0.2, 0.25) is 0 Å². The molecule has 3 heterocycles. The highest BCUT2D eigenvalue weighted by atomic mass is 16.5. The van der Waals surface area contributed by atoms with Gasteiger partial charge in [-0.1, -0.05) is 36.4 Å². The lowest BCUT2D eigenvalue weighted by Gasteiger charge is -2.30. The quantitative estimate of drug-likeness (QED) is 0.334. The van der Waals surface area contributed by atoms with Crippen LogP contribution in [0.1, 0.15) is 29.0 Å². The Morgan fingerprint density at radius 1 is 0.946 bits per heavy atom. The molecule has 0 saturated heterocycles. The van der Waals surface area contributed by atoms with Crippen molar-refractivity contribution >= 4 is 10.8 Å². The number of nitrogens with one attached hydrogen (secondary N) is 1. The number of hydrogen-bond acceptors (Lipinski definition) is 6. The number of aromatic nitrogens is 4. The summed E-state index contributed by atoms with van der Waals surface area (Å²) < 4.78 is 21.4. The largest absolute Gasteiger partial charge is 0.493 e. The van der Waals surface area contributed by atoms with E-state index < -0.39 is 0 Å². The monoisotopic (exact) mass is 493 g/mol. The average molecular weight is 494 g/mol. The Kier molecular flexibility index (Phi) is 5.84. The van der Waals surface area contributed by atoms with Gasteiger partial charge in [-0.15, -0.1) is 0 Å². The van der Waals surface area contributed by atoms with Crippen molar-refractivity contribution in [1.29, 1.82) is 5.41 Å². The molecule has 2 aromatic heterocycles. The molecule has 1 atom stereocenters. The zero-order chi connectivity index (χ0) is 25.4. The van der Waals surface area contributed by atoms with Crippen LogP contribution in [0, 0.1) is 5.41 Å². The molecular weight excluding hydrogens is 466 g/mol. The minimum Gasteiger partial charge on any atom is -0.493 e. The summed E-state index contributed by atoms with van der Waals surface area (Å²) in [6, 6.07) is 18.2. The number of imidazole rings is 1. The SMILES string of the molecule is COc1ccc([C@@H]2c3c(ncn(CCCn4ccnc4)c3=N)Oc3ccc4ccccc4c32)cc1OC. The highest BCUT2D eigenvalue weighted by Gasteiger charge is 2.34. The molecule has 0 fully saturated rings. The van der Waals surface area contributed by atoms with Crippen molar-refractivity contribution < 1.29 is 14.2 Å². The number of fused-ring (bicyclic) bond motifs is 4. The van der Waals surface area contributed by atoms with Gasteiger partial charge in [0.25, 0.3) is 0 Å². The van der Waals surface area contributed by atoms with E-state index in [2.05, 4.69) is 28.2 Å². The van der Waals surface area contributed by atoms with Crippen LogP contribution < -0.4 is 19.7 Å². The standard InChI is InChI=1S/C29H27N5O3/c1-35-22-10-9-20(16-24(22)36-2)25-26-21-7-4-3-6-19(21)8-11-23(26)37-29-27(25)28(30)34(18-32-29)14-5-13-33-15-12-31-17-33/h3-4,6-12,15-18,25,30H,5,13-14H2,1-2H3/t25-/m0/s1. The second-order valence-corrected chi connectivity index (χ2v) is 9.01. The zero-order valence-electron chi connectivity index (χ0n) is 20.7. The second kappa shape index (κ2) is 9.46. The topological polar surface area (TPSA) is 87.2 Å². The van der Waals surface area contributed by atoms with Crippen LogP contribution in [-0.4, -0.2) is 33.3 Å². The van der Waals surface area contributed by atoms with Crippen molar-refractivity contribution in [2.45, 2.75) is 25.4 Å². The van der Waals surface area contributed by atoms with Crippen molar-refractivity contribution in [2.24, 2.45) is 0 Å². The molecule has 5 aromatic rings. The molecule has 8 nitrogen and oxygen atoms in total. The third-order valence-electron chi connectivity index (χ3n) is 6.92. The molecule has 0 aliphatic carbocycles. The third kappa shape index (κ3) is 4.00. The van der Waals surface area contributed by atoms with Crippen molar-refractivity contribution in [1.82, 2.24) is 19.1 Å². The van der Waals surface area contributed by atoms with Crippen molar-refractivity contribution in [3.8, 4) is 23.1 Å². The number of methoxy groups -OCH3 is 2. The van der Waals surface area contributed by atoms with Gasteiger partial charge < -0.3 is 23.3 Å². The van der Waals surface area contributed by atoms with E-state index in [1.807, 2.05) is 51.7 Å². The fourth-order valence-electron chi connectivity index (χ4n) is 5.14. The van der Waals surface area contributed by atoms with E-state index in [-0.39, 0.29) is 5.92 Å². The van der Waals surface area contributed by atoms with Gasteiger partial charge in [0.2, 0.25) is 5.88 Å². The van der Waals surface area contributed by atoms with E-state index in [9.17, 15) is 5.41 Å². The summed E-state index contributed by atoms with van der Waals surface area (Å²) in [6.07, 6.45) is 8.07. The summed E-state index contributed by atoms with van der Waals surface area (Å²) in [5.74, 6) is 2.22. The molecule has 0 unspecified atom stereocenters. The lowest BCUT2D eigenvalue weighted by Crippen LogP contribution is -2.30. The van der Waals surface area contributed by atoms with Crippen molar-refractivity contribution in [2.75, 3.05) is 14.2 Å². The summed E-state index contributed by atoms with van der Waals surface area (Å²) in [6.45, 7) is 1.46. The second-order valence-electron chi connectivity index (χ2n) is 9.01. The fraction of sp³-hybridized carbons (Fsp3) is 0.207. The van der Waals surface area contributed by atoms with Gasteiger partial charge in [-0.05, 0) is 41.0 Å². The highest BCUT2D eigenvalue weighted by Crippen LogP contribution is 2.49. The maximum Gasteiger partial charge on any atom is 0.228 e. The molecule has 0 spiro atoms. The Morgan fingerprint density at radius 3 is 2.62 bits per heavy atom. The summed E-state index contributed by atoms with van der Waals surface area (Å²) in [5, 5.41) is 11.4. The Labute approximate surface area is 214 Å². The minimum atomic E-state index is -0.272. The summed E-state index contributed by atoms with van der Waals surface area (Å²) in [4.78, 5) is 8.78. The molecule has 0 saturated carbocycles. The van der Waals surface area contributed by atoms with Crippen LogP contribution in [0.5, 0.6) is 23.1 Å². The lowest BCUT2D eigenvalue weighted by molar-refractivity contribution is 0.354. The van der Waals surface area contributed by atoms with Crippen LogP contribution in [0.25, 0.3) is 10.8 Å². The summed E-state index contributed by atoms with van der Waals surface area (Å²) >= 11 is 0. The van der Waals surface area contributed by atoms with Crippen LogP contribution in [0.3, 0.4) is 0 Å². The number of hydrogen-bond donors (Lipinski definition) is 1. The first-order valence-electron chi connectivity index (χ1n) is 12.2. The first-order valence-corrected chi connectivity index (χ1v) is 12.2. The first-order chi connectivity index (χ1) is 18.2. The molecule has 0 radical (unpaired) electrons. The Bertz CT molecular complexity index is 1640. The van der Waals surface area contributed by atoms with E-state index in [4.69, 9.17) is 14.2 Å². The van der Waals surface area contributed by atoms with E-state index in [1.54, 1.807) is 33.1 Å². The Balaban J connectivity index is 1.51. The summed E-state index contributed by atoms with van der Waals surface area (Å²) in [5.41, 5.74) is 3.12. The van der Waals surface area contributed by atoms with E-state index in [1.165, 1.54) is 0 Å². The van der Waals surface area contributed by atoms with Crippen LogP contribution in [0.15, 0.2) is 79.6 Å². The van der Waals surface area contributed by atoms with Crippen LogP contribution >= 0.6 is 0 Å². The predicted molar refractivity (Wildman–Crippen MR) is 139 cm³/mol. The van der Waals surface area contributed by atoms with Gasteiger partial charge in [-0.25, -0.2) is 9.97 Å². The van der Waals surface area contributed by atoms with Crippen LogP contribution in [-0.2, 0) is 13.1 Å². The van der Waals surface area contributed by atoms with Gasteiger partial charge in [0.05, 0.1) is 26.1 Å². The normalized spacial score (nSPS) is 14.1. The Hall–Kier alpha value is -4.59. The minimum absolute atomic E-state index is 0.272. The van der Waals surface area contributed by atoms with Crippen LogP contribution in [0.4, 0.5) is 0 Å². The molecule has 37 heavy (non-hydrogen) atoms. The van der Waals surface area contributed by atoms with Gasteiger partial charge in [0.1, 0.15) is 17.6 Å². The molecule has 1 aliphatic heterocycles. The zero-order valence-corrected chi connectivity index (χ0v) is 20.7. The number of ether oxygens (including phenoxy) is 3. The van der Waals surface area contributed by atoms with Gasteiger partial charge in [-0.2, -0.15) is 0 Å². The van der Waals surface area contributed by atoms with E-state index >= 15 is 0 Å². The number of rotatable bonds is 7. The molecular formula is C29H27N5O3. The number of benzene rings is 3. The number of nitrogens with zero attached hydrogens (tertiary/aromatic N) is 4. The first kappa shape index (κ1) is 22.8. The molecule has 8 heteroatoms. The molecule has 186 valence electrons. The molecule has 3 aromatic carbocycles. The predicted octanol–water partition coefficient (Wildman–Crippen LogP) is 5.11. The maximum absolute atomic E-state index is 9.25. The maximum atomic E-state index is 9.25. The highest BCUT2D eigenvalue weighted by molar-refractivity contribution is 5.90. The summed E-state index contributed by atoms with van der Waals surface area (Å²) in [7, 11) is 3.26. The van der Waals surface area contributed by atoms with Crippen molar-refractivity contribution in [3.63, 3.8) is 0 Å². The Morgan fingerprint density at radius 2 is 1.81 bits per heavy atom. The third-order valence-corrected chi connectivity index (χ3v) is 6.92.